The first-order chi connectivity index (χ1) is 14.8. The van der Waals surface area contributed by atoms with Crippen molar-refractivity contribution in [3.63, 3.8) is 0 Å². The number of aromatic nitrogens is 1. The second kappa shape index (κ2) is 9.66. The Balaban J connectivity index is 2.27. The Morgan fingerprint density at radius 2 is 1.84 bits per heavy atom. The predicted octanol–water partition coefficient (Wildman–Crippen LogP) is 4.48. The molecule has 1 heterocycles. The number of ether oxygens (including phenoxy) is 1. The van der Waals surface area contributed by atoms with Crippen LogP contribution in [0.1, 0.15) is 28.5 Å². The lowest BCUT2D eigenvalue weighted by molar-refractivity contribution is 0.0527. The molecule has 0 unspecified atom stereocenters. The zero-order valence-electron chi connectivity index (χ0n) is 19.1. The molecule has 0 atom stereocenters. The van der Waals surface area contributed by atoms with E-state index < -0.39 is 0 Å². The Morgan fingerprint density at radius 1 is 1.16 bits per heavy atom. The van der Waals surface area contributed by atoms with E-state index in [9.17, 15) is 9.90 Å². The van der Waals surface area contributed by atoms with Crippen molar-refractivity contribution in [3.05, 3.63) is 53.2 Å². The van der Waals surface area contributed by atoms with Crippen LogP contribution in [0.3, 0.4) is 0 Å². The maximum Gasteiger partial charge on any atom is 0.340 e. The number of hydrogen-bond acceptors (Lipinski definition) is 6. The van der Waals surface area contributed by atoms with Crippen molar-refractivity contribution in [2.24, 2.45) is 7.05 Å². The van der Waals surface area contributed by atoms with Crippen LogP contribution in [0.5, 0.6) is 5.75 Å². The number of anilines is 1. The van der Waals surface area contributed by atoms with Crippen LogP contribution in [0.15, 0.2) is 41.3 Å². The third kappa shape index (κ3) is 4.67. The van der Waals surface area contributed by atoms with Gasteiger partial charge < -0.3 is 24.2 Å². The summed E-state index contributed by atoms with van der Waals surface area (Å²) >= 11 is 1.68. The highest BCUT2D eigenvalue weighted by Gasteiger charge is 2.28. The average molecular weight is 442 g/mol. The van der Waals surface area contributed by atoms with Gasteiger partial charge in [-0.15, -0.1) is 11.8 Å². The molecule has 2 aromatic carbocycles. The van der Waals surface area contributed by atoms with Gasteiger partial charge in [0.15, 0.2) is 0 Å². The fraction of sp³-hybridized carbons (Fsp3) is 0.375. The van der Waals surface area contributed by atoms with Crippen LogP contribution in [-0.4, -0.2) is 55.3 Å². The summed E-state index contributed by atoms with van der Waals surface area (Å²) in [7, 11) is 9.69. The summed E-state index contributed by atoms with van der Waals surface area (Å²) in [5.74, 6) is 0.460. The van der Waals surface area contributed by atoms with Crippen LogP contribution in [-0.2, 0) is 24.1 Å². The SMILES string of the molecule is CCOC(=O)c1c(CSc2ccccc2)n(C)c2cc(N(C)C)c(O)c(CN(C)C)c12. The zero-order valence-corrected chi connectivity index (χ0v) is 19.9. The molecule has 0 aliphatic rings. The standard InChI is InChI=1S/C24H31N3O3S/c1-7-30-24(29)22-20(15-31-16-11-9-8-10-12-16)27(6)18-13-19(26(4)5)23(28)17(21(18)22)14-25(2)3/h8-13,28H,7,14-15H2,1-6H3. The van der Waals surface area contributed by atoms with Crippen LogP contribution < -0.4 is 4.90 Å². The van der Waals surface area contributed by atoms with Crippen molar-refractivity contribution in [3.8, 4) is 5.75 Å². The molecule has 1 N–H and O–H groups in total. The summed E-state index contributed by atoms with van der Waals surface area (Å²) in [6, 6.07) is 12.1. The summed E-state index contributed by atoms with van der Waals surface area (Å²) in [5, 5.41) is 11.9. The van der Waals surface area contributed by atoms with Gasteiger partial charge in [0.2, 0.25) is 0 Å². The molecule has 0 radical (unpaired) electrons. The number of aromatic hydroxyl groups is 1. The summed E-state index contributed by atoms with van der Waals surface area (Å²) in [5.41, 5.74) is 3.80. The zero-order chi connectivity index (χ0) is 22.7. The van der Waals surface area contributed by atoms with Gasteiger partial charge in [-0.25, -0.2) is 4.79 Å². The number of phenols is 1. The first-order valence-corrected chi connectivity index (χ1v) is 11.3. The van der Waals surface area contributed by atoms with Crippen molar-refractivity contribution in [2.75, 3.05) is 39.7 Å². The minimum atomic E-state index is -0.353. The van der Waals surface area contributed by atoms with Crippen LogP contribution in [0.4, 0.5) is 5.69 Å². The van der Waals surface area contributed by atoms with E-state index in [0.29, 0.717) is 24.5 Å². The fourth-order valence-corrected chi connectivity index (χ4v) is 4.76. The van der Waals surface area contributed by atoms with E-state index in [4.69, 9.17) is 4.74 Å². The largest absolute Gasteiger partial charge is 0.505 e. The monoisotopic (exact) mass is 441 g/mol. The van der Waals surface area contributed by atoms with Crippen molar-refractivity contribution < 1.29 is 14.6 Å². The molecule has 0 amide bonds. The van der Waals surface area contributed by atoms with Gasteiger partial charge in [0.25, 0.3) is 0 Å². The Hall–Kier alpha value is -2.64. The van der Waals surface area contributed by atoms with Crippen molar-refractivity contribution >= 4 is 34.3 Å². The van der Waals surface area contributed by atoms with Gasteiger partial charge in [0, 0.05) is 55.0 Å². The number of carbonyl (C=O) groups excluding carboxylic acids is 1. The summed E-state index contributed by atoms with van der Waals surface area (Å²) in [4.78, 5) is 18.1. The Kier molecular flexibility index (Phi) is 7.18. The average Bonchev–Trinajstić information content (AvgIpc) is 3.00. The normalized spacial score (nSPS) is 11.3. The number of benzene rings is 2. The fourth-order valence-electron chi connectivity index (χ4n) is 3.77. The molecule has 0 fully saturated rings. The second-order valence-electron chi connectivity index (χ2n) is 7.95. The molecule has 3 aromatic rings. The number of esters is 1. The Labute approximate surface area is 188 Å². The number of thioether (sulfide) groups is 1. The van der Waals surface area contributed by atoms with E-state index in [1.807, 2.05) is 76.2 Å². The smallest absolute Gasteiger partial charge is 0.340 e. The Bertz CT molecular complexity index is 1080. The third-order valence-corrected chi connectivity index (χ3v) is 6.24. The highest BCUT2D eigenvalue weighted by atomic mass is 32.2. The molecule has 0 saturated heterocycles. The van der Waals surface area contributed by atoms with E-state index >= 15 is 0 Å². The lowest BCUT2D eigenvalue weighted by atomic mass is 10.0. The van der Waals surface area contributed by atoms with Crippen molar-refractivity contribution in [2.45, 2.75) is 24.1 Å². The van der Waals surface area contributed by atoms with Crippen LogP contribution in [0.25, 0.3) is 10.9 Å². The maximum absolute atomic E-state index is 13.1. The lowest BCUT2D eigenvalue weighted by Crippen LogP contribution is -2.15. The van der Waals surface area contributed by atoms with E-state index in [-0.39, 0.29) is 11.7 Å². The first kappa shape index (κ1) is 23.0. The predicted molar refractivity (Wildman–Crippen MR) is 128 cm³/mol. The van der Waals surface area contributed by atoms with Crippen molar-refractivity contribution in [1.29, 1.82) is 0 Å². The number of rotatable bonds is 8. The Morgan fingerprint density at radius 3 is 2.42 bits per heavy atom. The molecule has 0 aliphatic heterocycles. The van der Waals surface area contributed by atoms with E-state index in [1.54, 1.807) is 11.8 Å². The van der Waals surface area contributed by atoms with Crippen molar-refractivity contribution in [1.82, 2.24) is 9.47 Å². The molecular weight excluding hydrogens is 410 g/mol. The molecule has 31 heavy (non-hydrogen) atoms. The number of fused-ring (bicyclic) bond motifs is 1. The molecule has 0 bridgehead atoms. The molecule has 0 aliphatic carbocycles. The topological polar surface area (TPSA) is 57.9 Å². The molecule has 1 aromatic heterocycles. The molecule has 0 spiro atoms. The van der Waals surface area contributed by atoms with Gasteiger partial charge in [0.05, 0.1) is 23.4 Å². The summed E-state index contributed by atoms with van der Waals surface area (Å²) in [6.45, 7) is 2.61. The van der Waals surface area contributed by atoms with E-state index in [2.05, 4.69) is 16.7 Å². The van der Waals surface area contributed by atoms with Gasteiger partial charge in [-0.05, 0) is 39.2 Å². The highest BCUT2D eigenvalue weighted by Crippen LogP contribution is 2.42. The number of hydrogen-bond donors (Lipinski definition) is 1. The molecule has 0 saturated carbocycles. The minimum absolute atomic E-state index is 0.199. The number of nitrogens with zero attached hydrogens (tertiary/aromatic N) is 3. The third-order valence-electron chi connectivity index (χ3n) is 5.22. The van der Waals surface area contributed by atoms with E-state index in [1.165, 1.54) is 0 Å². The molecule has 3 rings (SSSR count). The molecule has 7 heteroatoms. The van der Waals surface area contributed by atoms with Gasteiger partial charge in [-0.3, -0.25) is 0 Å². The number of carbonyl (C=O) groups is 1. The van der Waals surface area contributed by atoms with Crippen LogP contribution in [0.2, 0.25) is 0 Å². The molecule has 6 nitrogen and oxygen atoms in total. The lowest BCUT2D eigenvalue weighted by Gasteiger charge is -2.20. The highest BCUT2D eigenvalue weighted by molar-refractivity contribution is 7.98. The van der Waals surface area contributed by atoms with Crippen LogP contribution >= 0.6 is 11.8 Å². The van der Waals surface area contributed by atoms with Gasteiger partial charge in [-0.2, -0.15) is 0 Å². The quantitative estimate of drug-likeness (QED) is 0.411. The summed E-state index contributed by atoms with van der Waals surface area (Å²) < 4.78 is 7.51. The van der Waals surface area contributed by atoms with E-state index in [0.717, 1.165) is 32.7 Å². The molecular formula is C24H31N3O3S. The number of aryl methyl sites for hydroxylation is 1. The second-order valence-corrected chi connectivity index (χ2v) is 9.00. The minimum Gasteiger partial charge on any atom is -0.505 e. The maximum atomic E-state index is 13.1. The van der Waals surface area contributed by atoms with Gasteiger partial charge in [0.1, 0.15) is 5.75 Å². The van der Waals surface area contributed by atoms with Gasteiger partial charge in [-0.1, -0.05) is 18.2 Å². The van der Waals surface area contributed by atoms with Gasteiger partial charge >= 0.3 is 5.97 Å². The first-order valence-electron chi connectivity index (χ1n) is 10.3. The number of phenolic OH excluding ortho intramolecular Hbond substituents is 1. The summed E-state index contributed by atoms with van der Waals surface area (Å²) in [6.07, 6.45) is 0. The molecule has 166 valence electrons. The van der Waals surface area contributed by atoms with Crippen LogP contribution in [0, 0.1) is 0 Å².